The van der Waals surface area contributed by atoms with Gasteiger partial charge >= 0.3 is 0 Å². The first kappa shape index (κ1) is 23.6. The summed E-state index contributed by atoms with van der Waals surface area (Å²) in [6, 6.07) is 15.8. The van der Waals surface area contributed by atoms with Crippen LogP contribution in [0.25, 0.3) is 0 Å². The van der Waals surface area contributed by atoms with Gasteiger partial charge in [-0.25, -0.2) is 12.8 Å². The van der Waals surface area contributed by atoms with E-state index in [1.54, 1.807) is 24.3 Å². The molecule has 3 rings (SSSR count). The van der Waals surface area contributed by atoms with Crippen LogP contribution in [0.3, 0.4) is 0 Å². The van der Waals surface area contributed by atoms with Crippen LogP contribution in [0.15, 0.2) is 71.6 Å². The van der Waals surface area contributed by atoms with Gasteiger partial charge in [-0.3, -0.25) is 9.10 Å². The van der Waals surface area contributed by atoms with Gasteiger partial charge in [-0.15, -0.1) is 0 Å². The predicted molar refractivity (Wildman–Crippen MR) is 124 cm³/mol. The minimum atomic E-state index is -4.02. The Bertz CT molecular complexity index is 1220. The number of rotatable bonds is 8. The van der Waals surface area contributed by atoms with E-state index < -0.39 is 21.7 Å². The summed E-state index contributed by atoms with van der Waals surface area (Å²) in [5.74, 6) is -0.559. The summed E-state index contributed by atoms with van der Waals surface area (Å²) < 4.78 is 46.0. The molecular formula is C23H22ClFN2O4S. The first-order valence-corrected chi connectivity index (χ1v) is 11.6. The van der Waals surface area contributed by atoms with Crippen LogP contribution >= 0.6 is 11.6 Å². The van der Waals surface area contributed by atoms with Crippen molar-refractivity contribution in [2.24, 2.45) is 0 Å². The second-order valence-corrected chi connectivity index (χ2v) is 9.27. The van der Waals surface area contributed by atoms with Crippen LogP contribution in [-0.4, -0.2) is 28.0 Å². The zero-order valence-electron chi connectivity index (χ0n) is 17.5. The molecule has 0 fully saturated rings. The third-order valence-corrected chi connectivity index (χ3v) is 6.74. The monoisotopic (exact) mass is 476 g/mol. The highest BCUT2D eigenvalue weighted by atomic mass is 35.5. The van der Waals surface area contributed by atoms with Crippen molar-refractivity contribution in [3.8, 4) is 5.75 Å². The first-order valence-electron chi connectivity index (χ1n) is 9.81. The standard InChI is InChI=1S/C23H22ClFN2O4S/c1-3-14-31-22-7-5-4-6-21(22)26-23(28)19-15-18(12-13-20(19)24)32(29,30)27(2)17-10-8-16(25)9-11-17/h4-13,15H,3,14H2,1-2H3,(H,26,28). The highest BCUT2D eigenvalue weighted by molar-refractivity contribution is 7.92. The van der Waals surface area contributed by atoms with Crippen molar-refractivity contribution in [3.63, 3.8) is 0 Å². The van der Waals surface area contributed by atoms with E-state index in [2.05, 4.69) is 5.32 Å². The van der Waals surface area contributed by atoms with Gasteiger partial charge in [-0.1, -0.05) is 30.7 Å². The average Bonchev–Trinajstić information content (AvgIpc) is 2.78. The molecule has 32 heavy (non-hydrogen) atoms. The smallest absolute Gasteiger partial charge is 0.264 e. The molecule has 168 valence electrons. The van der Waals surface area contributed by atoms with Crippen LogP contribution in [0.4, 0.5) is 15.8 Å². The Kier molecular flexibility index (Phi) is 7.37. The molecule has 0 spiro atoms. The Hall–Kier alpha value is -3.10. The number of carbonyl (C=O) groups excluding carboxylic acids is 1. The van der Waals surface area contributed by atoms with Gasteiger partial charge in [0.25, 0.3) is 15.9 Å². The summed E-state index contributed by atoms with van der Waals surface area (Å²) in [6.07, 6.45) is 0.801. The Labute approximate surface area is 191 Å². The van der Waals surface area contributed by atoms with Crippen molar-refractivity contribution in [1.82, 2.24) is 0 Å². The summed E-state index contributed by atoms with van der Waals surface area (Å²) in [5.41, 5.74) is 0.707. The minimum Gasteiger partial charge on any atom is -0.491 e. The van der Waals surface area contributed by atoms with E-state index in [1.165, 1.54) is 49.5 Å². The van der Waals surface area contributed by atoms with Crippen molar-refractivity contribution in [3.05, 3.63) is 83.1 Å². The lowest BCUT2D eigenvalue weighted by Gasteiger charge is -2.20. The molecule has 0 aromatic heterocycles. The lowest BCUT2D eigenvalue weighted by molar-refractivity contribution is 0.102. The number of nitrogens with zero attached hydrogens (tertiary/aromatic N) is 1. The molecule has 3 aromatic carbocycles. The number of para-hydroxylation sites is 2. The fourth-order valence-electron chi connectivity index (χ4n) is 2.88. The van der Waals surface area contributed by atoms with Crippen molar-refractivity contribution in [1.29, 1.82) is 0 Å². The van der Waals surface area contributed by atoms with Gasteiger partial charge in [-0.05, 0) is 61.0 Å². The third kappa shape index (κ3) is 5.20. The Morgan fingerprint density at radius 3 is 2.47 bits per heavy atom. The number of benzene rings is 3. The van der Waals surface area contributed by atoms with Gasteiger partial charge in [0.1, 0.15) is 11.6 Å². The summed E-state index contributed by atoms with van der Waals surface area (Å²) in [4.78, 5) is 12.8. The number of ether oxygens (including phenoxy) is 1. The number of amides is 1. The number of nitrogens with one attached hydrogen (secondary N) is 1. The molecular weight excluding hydrogens is 455 g/mol. The SMILES string of the molecule is CCCOc1ccccc1NC(=O)c1cc(S(=O)(=O)N(C)c2ccc(F)cc2)ccc1Cl. The van der Waals surface area contributed by atoms with Gasteiger partial charge < -0.3 is 10.1 Å². The molecule has 9 heteroatoms. The molecule has 0 unspecified atom stereocenters. The lowest BCUT2D eigenvalue weighted by Crippen LogP contribution is -2.27. The molecule has 1 amide bonds. The van der Waals surface area contributed by atoms with Crippen LogP contribution in [0.5, 0.6) is 5.75 Å². The van der Waals surface area contributed by atoms with Gasteiger partial charge in [0.2, 0.25) is 0 Å². The molecule has 0 atom stereocenters. The van der Waals surface area contributed by atoms with Gasteiger partial charge in [0, 0.05) is 7.05 Å². The first-order chi connectivity index (χ1) is 15.2. The molecule has 0 saturated carbocycles. The largest absolute Gasteiger partial charge is 0.491 e. The molecule has 6 nitrogen and oxygen atoms in total. The topological polar surface area (TPSA) is 75.7 Å². The van der Waals surface area contributed by atoms with Crippen molar-refractivity contribution < 1.29 is 22.3 Å². The summed E-state index contributed by atoms with van der Waals surface area (Å²) >= 11 is 6.20. The third-order valence-electron chi connectivity index (χ3n) is 4.63. The van der Waals surface area contributed by atoms with E-state index in [-0.39, 0.29) is 21.2 Å². The molecule has 0 aliphatic carbocycles. The Morgan fingerprint density at radius 1 is 1.09 bits per heavy atom. The second kappa shape index (κ2) is 10.0. The Balaban J connectivity index is 1.90. The number of hydrogen-bond donors (Lipinski definition) is 1. The van der Waals surface area contributed by atoms with Gasteiger partial charge in [0.15, 0.2) is 0 Å². The molecule has 3 aromatic rings. The Morgan fingerprint density at radius 2 is 1.78 bits per heavy atom. The maximum atomic E-state index is 13.2. The fourth-order valence-corrected chi connectivity index (χ4v) is 4.31. The van der Waals surface area contributed by atoms with E-state index >= 15 is 0 Å². The lowest BCUT2D eigenvalue weighted by atomic mass is 10.2. The minimum absolute atomic E-state index is 0.00876. The predicted octanol–water partition coefficient (Wildman–Crippen LogP) is 5.35. The van der Waals surface area contributed by atoms with E-state index in [4.69, 9.17) is 16.3 Å². The number of hydrogen-bond acceptors (Lipinski definition) is 4. The quantitative estimate of drug-likeness (QED) is 0.475. The van der Waals surface area contributed by atoms with Gasteiger partial charge in [0.05, 0.1) is 33.5 Å². The molecule has 0 aliphatic heterocycles. The van der Waals surface area contributed by atoms with Crippen LogP contribution in [-0.2, 0) is 10.0 Å². The molecule has 0 radical (unpaired) electrons. The normalized spacial score (nSPS) is 11.1. The molecule has 0 heterocycles. The zero-order chi connectivity index (χ0) is 23.3. The number of carbonyl (C=O) groups is 1. The maximum absolute atomic E-state index is 13.2. The molecule has 1 N–H and O–H groups in total. The summed E-state index contributed by atoms with van der Waals surface area (Å²) in [7, 11) is -2.68. The van der Waals surface area contributed by atoms with Crippen molar-refractivity contribution in [2.45, 2.75) is 18.2 Å². The number of halogens is 2. The summed E-state index contributed by atoms with van der Waals surface area (Å²) in [5, 5.41) is 2.82. The summed E-state index contributed by atoms with van der Waals surface area (Å²) in [6.45, 7) is 2.45. The van der Waals surface area contributed by atoms with Crippen LogP contribution in [0, 0.1) is 5.82 Å². The number of sulfonamides is 1. The molecule has 0 bridgehead atoms. The van der Waals surface area contributed by atoms with Crippen LogP contribution < -0.4 is 14.4 Å². The van der Waals surface area contributed by atoms with E-state index in [0.717, 1.165) is 10.7 Å². The van der Waals surface area contributed by atoms with Crippen molar-refractivity contribution in [2.75, 3.05) is 23.3 Å². The molecule has 0 aliphatic rings. The number of anilines is 2. The highest BCUT2D eigenvalue weighted by Gasteiger charge is 2.24. The van der Waals surface area contributed by atoms with E-state index in [0.29, 0.717) is 18.0 Å². The van der Waals surface area contributed by atoms with Crippen molar-refractivity contribution >= 4 is 38.9 Å². The van der Waals surface area contributed by atoms with Crippen LogP contribution in [0.2, 0.25) is 5.02 Å². The van der Waals surface area contributed by atoms with E-state index in [9.17, 15) is 17.6 Å². The molecule has 0 saturated heterocycles. The highest BCUT2D eigenvalue weighted by Crippen LogP contribution is 2.28. The second-order valence-electron chi connectivity index (χ2n) is 6.89. The van der Waals surface area contributed by atoms with Gasteiger partial charge in [-0.2, -0.15) is 0 Å². The van der Waals surface area contributed by atoms with Crippen LogP contribution in [0.1, 0.15) is 23.7 Å². The maximum Gasteiger partial charge on any atom is 0.264 e. The average molecular weight is 477 g/mol. The fraction of sp³-hybridized carbons (Fsp3) is 0.174. The zero-order valence-corrected chi connectivity index (χ0v) is 19.1. The van der Waals surface area contributed by atoms with E-state index in [1.807, 2.05) is 6.92 Å².